The number of aryl methyl sites for hydroxylation is 10. The zero-order valence-corrected chi connectivity index (χ0v) is 88.4. The van der Waals surface area contributed by atoms with Gasteiger partial charge in [-0.3, -0.25) is 44.2 Å². The van der Waals surface area contributed by atoms with Gasteiger partial charge in [-0.05, 0) is 252 Å². The maximum atomic E-state index is 11.4. The maximum absolute atomic E-state index is 11.4. The van der Waals surface area contributed by atoms with E-state index in [1.54, 1.807) is 85.7 Å². The van der Waals surface area contributed by atoms with Crippen LogP contribution >= 0.6 is 0 Å². The second kappa shape index (κ2) is 64.0. The summed E-state index contributed by atoms with van der Waals surface area (Å²) >= 11 is 0. The Hall–Kier alpha value is -13.1. The smallest absolute Gasteiger partial charge is 0.266 e. The molecule has 744 valence electrons. The molecule has 0 saturated heterocycles. The fourth-order valence-electron chi connectivity index (χ4n) is 11.2. The summed E-state index contributed by atoms with van der Waals surface area (Å²) in [5.41, 5.74) is 23.3. The molecule has 0 saturated carbocycles. The summed E-state index contributed by atoms with van der Waals surface area (Å²) in [5.74, 6) is 5.89. The molecule has 10 aromatic heterocycles. The molecule has 137 heavy (non-hydrogen) atoms. The van der Waals surface area contributed by atoms with Gasteiger partial charge in [0.05, 0.1) is 60.7 Å². The van der Waals surface area contributed by atoms with Crippen LogP contribution in [0.4, 0.5) is 0 Å². The molecule has 0 aliphatic carbocycles. The van der Waals surface area contributed by atoms with Gasteiger partial charge < -0.3 is 28.9 Å². The molecule has 26 heteroatoms. The van der Waals surface area contributed by atoms with Gasteiger partial charge in [0, 0.05) is 158 Å². The van der Waals surface area contributed by atoms with Crippen LogP contribution in [-0.4, -0.2) is 85.7 Å². The van der Waals surface area contributed by atoms with E-state index < -0.39 is 25.1 Å². The number of rotatable bonds is 14. The molecule has 10 aromatic rings. The molecule has 0 spiro atoms. The molecule has 0 aromatic carbocycles. The number of aromatic nitrogens is 15. The third-order valence-electron chi connectivity index (χ3n) is 20.6. The van der Waals surface area contributed by atoms with E-state index in [-0.39, 0.29) is 34.1 Å². The highest BCUT2D eigenvalue weighted by atomic mass is 16.2. The number of hydrazone groups is 1. The van der Waals surface area contributed by atoms with Crippen molar-refractivity contribution in [1.29, 1.82) is 0 Å². The average Bonchev–Trinajstić information content (AvgIpc) is 0.827. The van der Waals surface area contributed by atoms with E-state index >= 15 is 0 Å². The maximum Gasteiger partial charge on any atom is 0.266 e. The normalized spacial score (nSPS) is 12.8. The highest BCUT2D eigenvalue weighted by Crippen LogP contribution is 2.21. The number of dihydropyridines is 1. The van der Waals surface area contributed by atoms with Crippen molar-refractivity contribution in [2.75, 3.05) is 0 Å². The molecule has 0 radical (unpaired) electrons. The molecule has 13 heterocycles. The van der Waals surface area contributed by atoms with Gasteiger partial charge in [0.1, 0.15) is 0 Å². The van der Waals surface area contributed by atoms with Crippen LogP contribution in [0.3, 0.4) is 0 Å². The lowest BCUT2D eigenvalue weighted by atomic mass is 10.0. The minimum atomic E-state index is -2.49. The van der Waals surface area contributed by atoms with E-state index in [9.17, 15) is 28.8 Å². The van der Waals surface area contributed by atoms with E-state index in [1.807, 2.05) is 158 Å². The minimum absolute atomic E-state index is 0.00343. The molecule has 0 fully saturated rings. The second-order valence-corrected chi connectivity index (χ2v) is 37.1. The largest absolute Gasteiger partial charge is 0.362 e. The van der Waals surface area contributed by atoms with Crippen molar-refractivity contribution in [2.45, 2.75) is 280 Å². The fraction of sp³-hybridized carbons (Fsp3) is 0.450. The zero-order valence-electron chi connectivity index (χ0n) is 94.4. The Morgan fingerprint density at radius 2 is 0.752 bits per heavy atom. The minimum Gasteiger partial charge on any atom is -0.362 e. The molecule has 3 aliphatic heterocycles. The predicted molar refractivity (Wildman–Crippen MR) is 572 cm³/mol. The van der Waals surface area contributed by atoms with Crippen molar-refractivity contribution in [3.8, 4) is 0 Å². The Kier molecular flexibility index (Phi) is 51.8. The lowest BCUT2D eigenvalue weighted by Gasteiger charge is -2.12. The summed E-state index contributed by atoms with van der Waals surface area (Å²) in [4.78, 5) is 83.8. The molecular formula is C111H164N20O6. The first-order valence-electron chi connectivity index (χ1n) is 49.9. The van der Waals surface area contributed by atoms with Crippen molar-refractivity contribution in [2.24, 2.45) is 62.9 Å². The summed E-state index contributed by atoms with van der Waals surface area (Å²) < 4.78 is 49.7. The Labute approximate surface area is 826 Å². The standard InChI is InChI=1S/C10H15NO.2C9H13NO.3C9H13N.3C8H12N2O.4C8H12N2/c1-4-11-6-5-9(8(2)3)7-10(11)12;2*1-7(2)8-4-5-10(3)9(11)6-8;3*1-7(2)9-4-5-10-8(3)6-9;1-6(2)7-4-8(11)10(3)5-9-7;2*1-6(2)7-4-8(11)10(3)9-5-7;1-6(2)8-4-7(3)9-5-10-8;3*1-6(2)8-4-7(3)10-9-5-8/h5-8H,4H2,1-3H3;2*4-7H,1-3H3;2*4-7H,1-3H3;4-7,10H,3H2,1-2H3;3*4-6H,1-3H3;4-6H,3H2,1-2H3,(H,9,10);2*4-6H,1-3H3;4-6,10H,3H2,1-2H3/i;3D3;;;;;;3D3;;;;;. The molecule has 3 N–H and O–H groups in total. The van der Waals surface area contributed by atoms with Gasteiger partial charge >= 0.3 is 0 Å². The summed E-state index contributed by atoms with van der Waals surface area (Å²) in [6.07, 6.45) is 30.6. The van der Waals surface area contributed by atoms with Crippen LogP contribution in [0.1, 0.15) is 333 Å². The number of aliphatic imine (C=N–C) groups is 1. The van der Waals surface area contributed by atoms with E-state index in [0.29, 0.717) is 69.8 Å². The summed E-state index contributed by atoms with van der Waals surface area (Å²) in [5, 5.41) is 32.8. The number of nitrogens with one attached hydrogen (secondary N) is 3. The van der Waals surface area contributed by atoms with Crippen LogP contribution in [0.2, 0.25) is 0 Å². The highest BCUT2D eigenvalue weighted by Gasteiger charge is 2.11. The molecule has 0 amide bonds. The van der Waals surface area contributed by atoms with Crippen molar-refractivity contribution < 1.29 is 8.22 Å². The van der Waals surface area contributed by atoms with Gasteiger partial charge in [-0.2, -0.15) is 35.7 Å². The van der Waals surface area contributed by atoms with Crippen LogP contribution in [0.5, 0.6) is 0 Å². The van der Waals surface area contributed by atoms with Gasteiger partial charge in [-0.25, -0.2) is 19.3 Å². The first-order valence-corrected chi connectivity index (χ1v) is 46.9. The molecule has 0 atom stereocenters. The van der Waals surface area contributed by atoms with Crippen molar-refractivity contribution >= 4 is 12.6 Å². The molecule has 0 unspecified atom stereocenters. The third kappa shape index (κ3) is 50.3. The van der Waals surface area contributed by atoms with Crippen molar-refractivity contribution in [3.05, 3.63) is 378 Å². The lowest BCUT2D eigenvalue weighted by Crippen LogP contribution is -2.19. The van der Waals surface area contributed by atoms with Crippen molar-refractivity contribution in [3.63, 3.8) is 0 Å². The van der Waals surface area contributed by atoms with E-state index in [2.05, 4.69) is 265 Å². The summed E-state index contributed by atoms with van der Waals surface area (Å²) in [6, 6.07) is 27.5. The van der Waals surface area contributed by atoms with Gasteiger partial charge in [0.2, 0.25) is 0 Å². The number of pyridine rings is 5. The Balaban J connectivity index is 0.000000776. The second-order valence-electron chi connectivity index (χ2n) is 37.1. The number of hydrogen-bond donors (Lipinski definition) is 3. The van der Waals surface area contributed by atoms with Crippen LogP contribution in [0.25, 0.3) is 0 Å². The SMILES string of the molecule is C=C1C=C(C(C)C)C=CN1.C=C1C=C(C(C)C)C=NN1.C=C1C=C(C(C)C)N=CN1.CC(C)c1cc(=O)n(C)cn1.CC(C)c1ccn(C)c(=O)c1.CC(C)c1cnn(C)c(=O)c1.CCn1ccc(C(C)C)cc1=O.Cc1cc(C(C)C)ccn1.Cc1cc(C(C)C)ccn1.Cc1cc(C(C)C)cnn1.Cc1cc(C(C)C)cnn1.[2H]C([2H])([2H])n1ccc(C(C)C)cc1=O.[2H]C([2H])([2H])n1ncc(C(C)C)cc1=O. The van der Waals surface area contributed by atoms with Gasteiger partial charge in [0.15, 0.2) is 0 Å². The van der Waals surface area contributed by atoms with Gasteiger partial charge in [0.25, 0.3) is 33.4 Å². The van der Waals surface area contributed by atoms with E-state index in [0.717, 1.165) is 90.2 Å². The van der Waals surface area contributed by atoms with Crippen LogP contribution in [0, 0.1) is 45.4 Å². The molecule has 13 rings (SSSR count). The van der Waals surface area contributed by atoms with Crippen LogP contribution < -0.4 is 49.4 Å². The van der Waals surface area contributed by atoms with Crippen LogP contribution in [0.15, 0.2) is 276 Å². The fourth-order valence-corrected chi connectivity index (χ4v) is 11.2. The van der Waals surface area contributed by atoms with Crippen LogP contribution in [-0.2, 0) is 41.6 Å². The first-order chi connectivity index (χ1) is 66.5. The number of nitrogens with zero attached hydrogens (tertiary/aromatic N) is 17. The molecule has 26 nitrogen and oxygen atoms in total. The lowest BCUT2D eigenvalue weighted by molar-refractivity contribution is 0.689. The molecule has 3 aliphatic rings. The zero-order chi connectivity index (χ0) is 109. The van der Waals surface area contributed by atoms with E-state index in [4.69, 9.17) is 8.22 Å². The van der Waals surface area contributed by atoms with E-state index in [1.165, 1.54) is 67.2 Å². The highest BCUT2D eigenvalue weighted by molar-refractivity contribution is 5.80. The summed E-state index contributed by atoms with van der Waals surface area (Å²) in [6.45, 7) is 71.5. The monoisotopic (exact) mass is 1880 g/mol. The quantitative estimate of drug-likeness (QED) is 0.0911. The molecule has 0 bridgehead atoms. The summed E-state index contributed by atoms with van der Waals surface area (Å²) in [7, 11) is 5.10. The van der Waals surface area contributed by atoms with Crippen molar-refractivity contribution in [1.82, 2.24) is 89.2 Å². The Bertz CT molecular complexity index is 5660. The first kappa shape index (κ1) is 111. The molecular weight excluding hydrogens is 1710 g/mol. The topological polar surface area (TPSA) is 309 Å². The third-order valence-corrected chi connectivity index (χ3v) is 20.6. The number of allylic oxidation sites excluding steroid dienone is 7. The van der Waals surface area contributed by atoms with Gasteiger partial charge in [-0.15, -0.1) is 0 Å². The Morgan fingerprint density at radius 3 is 1.07 bits per heavy atom. The number of hydrogen-bond acceptors (Lipinski definition) is 20. The van der Waals surface area contributed by atoms with Gasteiger partial charge in [-0.1, -0.05) is 200 Å². The average molecular weight is 1880 g/mol. The predicted octanol–water partition coefficient (Wildman–Crippen LogP) is 22.1. The Morgan fingerprint density at radius 1 is 0.365 bits per heavy atom.